The summed E-state index contributed by atoms with van der Waals surface area (Å²) in [6.07, 6.45) is 5.76. The van der Waals surface area contributed by atoms with Crippen molar-refractivity contribution in [2.24, 2.45) is 5.41 Å². The highest BCUT2D eigenvalue weighted by Crippen LogP contribution is 2.47. The molecule has 0 spiro atoms. The van der Waals surface area contributed by atoms with E-state index in [-0.39, 0.29) is 0 Å². The van der Waals surface area contributed by atoms with Gasteiger partial charge in [0.2, 0.25) is 0 Å². The van der Waals surface area contributed by atoms with Gasteiger partial charge in [-0.2, -0.15) is 0 Å². The maximum Gasteiger partial charge on any atom is 0.0100 e. The van der Waals surface area contributed by atoms with Gasteiger partial charge in [0.15, 0.2) is 0 Å². The van der Waals surface area contributed by atoms with E-state index in [0.29, 0.717) is 5.41 Å². The van der Waals surface area contributed by atoms with Crippen LogP contribution in [0.5, 0.6) is 0 Å². The Balaban J connectivity index is 1.80. The van der Waals surface area contributed by atoms with Gasteiger partial charge in [0.25, 0.3) is 0 Å². The van der Waals surface area contributed by atoms with Gasteiger partial charge in [0, 0.05) is 11.9 Å². The number of hydrogen-bond acceptors (Lipinski definition) is 1. The molecule has 11 heavy (non-hydrogen) atoms. The van der Waals surface area contributed by atoms with Crippen LogP contribution in [0.15, 0.2) is 0 Å². The average Bonchev–Trinajstić information content (AvgIpc) is 2.59. The maximum absolute atomic E-state index is 3.61. The van der Waals surface area contributed by atoms with Crippen LogP contribution in [0.4, 0.5) is 0 Å². The summed E-state index contributed by atoms with van der Waals surface area (Å²) in [5, 5.41) is 1.22. The fourth-order valence-corrected chi connectivity index (χ4v) is 2.66. The average molecular weight is 218 g/mol. The van der Waals surface area contributed by atoms with Gasteiger partial charge < -0.3 is 4.90 Å². The number of halogens is 1. The molecular weight excluding hydrogens is 202 g/mol. The van der Waals surface area contributed by atoms with E-state index in [1.165, 1.54) is 50.6 Å². The third-order valence-electron chi connectivity index (χ3n) is 3.00. The number of hydrogen-bond donors (Lipinski definition) is 0. The summed E-state index contributed by atoms with van der Waals surface area (Å²) >= 11 is 3.61. The van der Waals surface area contributed by atoms with Crippen LogP contribution in [0.25, 0.3) is 0 Å². The molecule has 0 unspecified atom stereocenters. The van der Waals surface area contributed by atoms with Crippen molar-refractivity contribution in [3.05, 3.63) is 0 Å². The van der Waals surface area contributed by atoms with E-state index in [0.717, 1.165) is 0 Å². The second-order valence-corrected chi connectivity index (χ2v) is 4.68. The highest BCUT2D eigenvalue weighted by atomic mass is 79.9. The summed E-state index contributed by atoms with van der Waals surface area (Å²) in [4.78, 5) is 2.63. The standard InChI is InChI=1S/C9H16BrN/c10-7-9(3-4-9)8-11-5-1-2-6-11/h1-8H2. The molecule has 1 aliphatic carbocycles. The van der Waals surface area contributed by atoms with Crippen LogP contribution >= 0.6 is 15.9 Å². The number of alkyl halides is 1. The van der Waals surface area contributed by atoms with Gasteiger partial charge in [-0.15, -0.1) is 0 Å². The van der Waals surface area contributed by atoms with Gasteiger partial charge in [-0.1, -0.05) is 15.9 Å². The maximum atomic E-state index is 3.61. The summed E-state index contributed by atoms with van der Waals surface area (Å²) in [5.74, 6) is 0. The molecule has 0 aromatic carbocycles. The van der Waals surface area contributed by atoms with E-state index in [1.54, 1.807) is 0 Å². The molecule has 0 aromatic rings. The van der Waals surface area contributed by atoms with E-state index in [9.17, 15) is 0 Å². The molecule has 0 radical (unpaired) electrons. The topological polar surface area (TPSA) is 3.24 Å². The monoisotopic (exact) mass is 217 g/mol. The highest BCUT2D eigenvalue weighted by molar-refractivity contribution is 9.09. The number of likely N-dealkylation sites (tertiary alicyclic amines) is 1. The predicted molar refractivity (Wildman–Crippen MR) is 51.1 cm³/mol. The van der Waals surface area contributed by atoms with Crippen LogP contribution in [0, 0.1) is 5.41 Å². The second kappa shape index (κ2) is 3.06. The Morgan fingerprint density at radius 2 is 1.82 bits per heavy atom. The molecular formula is C9H16BrN. The van der Waals surface area contributed by atoms with Crippen molar-refractivity contribution >= 4 is 15.9 Å². The van der Waals surface area contributed by atoms with Crippen molar-refractivity contribution in [1.29, 1.82) is 0 Å². The lowest BCUT2D eigenvalue weighted by molar-refractivity contribution is 0.280. The van der Waals surface area contributed by atoms with E-state index < -0.39 is 0 Å². The molecule has 0 bridgehead atoms. The van der Waals surface area contributed by atoms with Crippen LogP contribution in [-0.2, 0) is 0 Å². The summed E-state index contributed by atoms with van der Waals surface area (Å²) in [5.41, 5.74) is 0.699. The Morgan fingerprint density at radius 3 is 2.27 bits per heavy atom. The van der Waals surface area contributed by atoms with Crippen molar-refractivity contribution in [2.75, 3.05) is 25.0 Å². The lowest BCUT2D eigenvalue weighted by Crippen LogP contribution is -2.28. The third-order valence-corrected chi connectivity index (χ3v) is 4.19. The molecule has 1 saturated carbocycles. The molecule has 64 valence electrons. The SMILES string of the molecule is BrCC1(CN2CCCC2)CC1. The van der Waals surface area contributed by atoms with Crippen LogP contribution in [0.3, 0.4) is 0 Å². The Kier molecular flexibility index (Phi) is 2.24. The summed E-state index contributed by atoms with van der Waals surface area (Å²) in [6.45, 7) is 4.07. The Morgan fingerprint density at radius 1 is 1.18 bits per heavy atom. The first-order valence-corrected chi connectivity index (χ1v) is 5.75. The molecule has 2 heteroatoms. The van der Waals surface area contributed by atoms with Crippen LogP contribution in [0.2, 0.25) is 0 Å². The van der Waals surface area contributed by atoms with Gasteiger partial charge >= 0.3 is 0 Å². The molecule has 1 saturated heterocycles. The molecule has 0 atom stereocenters. The zero-order valence-electron chi connectivity index (χ0n) is 6.98. The van der Waals surface area contributed by atoms with Crippen LogP contribution in [0.1, 0.15) is 25.7 Å². The van der Waals surface area contributed by atoms with Gasteiger partial charge in [-0.05, 0) is 44.2 Å². The first-order chi connectivity index (χ1) is 5.35. The Bertz CT molecular complexity index is 136. The predicted octanol–water partition coefficient (Wildman–Crippen LogP) is 2.26. The van der Waals surface area contributed by atoms with Crippen molar-refractivity contribution in [3.8, 4) is 0 Å². The molecule has 0 N–H and O–H groups in total. The first-order valence-electron chi connectivity index (χ1n) is 4.63. The number of nitrogens with zero attached hydrogens (tertiary/aromatic N) is 1. The van der Waals surface area contributed by atoms with Crippen molar-refractivity contribution in [1.82, 2.24) is 4.90 Å². The molecule has 1 nitrogen and oxygen atoms in total. The summed E-state index contributed by atoms with van der Waals surface area (Å²) in [6, 6.07) is 0. The first kappa shape index (κ1) is 8.06. The molecule has 0 aromatic heterocycles. The minimum Gasteiger partial charge on any atom is -0.303 e. The fraction of sp³-hybridized carbons (Fsp3) is 1.00. The third kappa shape index (κ3) is 1.78. The van der Waals surface area contributed by atoms with E-state index in [2.05, 4.69) is 20.8 Å². The van der Waals surface area contributed by atoms with Crippen molar-refractivity contribution in [2.45, 2.75) is 25.7 Å². The molecule has 2 rings (SSSR count). The van der Waals surface area contributed by atoms with Gasteiger partial charge in [0.05, 0.1) is 0 Å². The normalized spacial score (nSPS) is 29.2. The van der Waals surface area contributed by atoms with E-state index in [1.807, 2.05) is 0 Å². The van der Waals surface area contributed by atoms with Crippen molar-refractivity contribution in [3.63, 3.8) is 0 Å². The van der Waals surface area contributed by atoms with Crippen molar-refractivity contribution < 1.29 is 0 Å². The number of rotatable bonds is 3. The summed E-state index contributed by atoms with van der Waals surface area (Å²) in [7, 11) is 0. The van der Waals surface area contributed by atoms with Crippen LogP contribution in [-0.4, -0.2) is 29.9 Å². The lowest BCUT2D eigenvalue weighted by Gasteiger charge is -2.20. The molecule has 2 aliphatic rings. The second-order valence-electron chi connectivity index (χ2n) is 4.12. The Labute approximate surface area is 77.3 Å². The Hall–Kier alpha value is 0.440. The van der Waals surface area contributed by atoms with Gasteiger partial charge in [0.1, 0.15) is 0 Å². The zero-order valence-corrected chi connectivity index (χ0v) is 8.57. The van der Waals surface area contributed by atoms with Gasteiger partial charge in [-0.25, -0.2) is 0 Å². The quantitative estimate of drug-likeness (QED) is 0.657. The molecule has 2 fully saturated rings. The molecule has 1 aliphatic heterocycles. The van der Waals surface area contributed by atoms with Crippen LogP contribution < -0.4 is 0 Å². The van der Waals surface area contributed by atoms with E-state index in [4.69, 9.17) is 0 Å². The lowest BCUT2D eigenvalue weighted by atomic mass is 10.1. The molecule has 1 heterocycles. The molecule has 0 amide bonds. The minimum absolute atomic E-state index is 0.699. The summed E-state index contributed by atoms with van der Waals surface area (Å²) < 4.78 is 0. The minimum atomic E-state index is 0.699. The largest absolute Gasteiger partial charge is 0.303 e. The smallest absolute Gasteiger partial charge is 0.0100 e. The van der Waals surface area contributed by atoms with Gasteiger partial charge in [-0.3, -0.25) is 0 Å². The fourth-order valence-electron chi connectivity index (χ4n) is 1.93. The highest BCUT2D eigenvalue weighted by Gasteiger charge is 2.42. The van der Waals surface area contributed by atoms with E-state index >= 15 is 0 Å². The zero-order chi connectivity index (χ0) is 7.73.